The molecule has 0 fully saturated rings. The molecule has 0 saturated heterocycles. The highest BCUT2D eigenvalue weighted by Crippen LogP contribution is 2.16. The molecule has 1 aromatic heterocycles. The molecular formula is C11H11BrN2O. The molecule has 0 saturated carbocycles. The predicted octanol–water partition coefficient (Wildman–Crippen LogP) is 2.44. The largest absolute Gasteiger partial charge is 0.392 e. The van der Waals surface area contributed by atoms with Crippen LogP contribution >= 0.6 is 15.9 Å². The van der Waals surface area contributed by atoms with Gasteiger partial charge in [0.25, 0.3) is 0 Å². The Morgan fingerprint density at radius 3 is 2.80 bits per heavy atom. The van der Waals surface area contributed by atoms with Crippen molar-refractivity contribution < 1.29 is 5.11 Å². The van der Waals surface area contributed by atoms with Crippen molar-refractivity contribution >= 4 is 15.9 Å². The van der Waals surface area contributed by atoms with Crippen molar-refractivity contribution in [3.05, 3.63) is 46.2 Å². The standard InChI is InChI=1S/C11H11BrN2O/c1-8-4-11(3-2-9(8)7-15)14-6-10(12)5-13-14/h2-6,15H,7H2,1H3. The van der Waals surface area contributed by atoms with Crippen molar-refractivity contribution in [2.45, 2.75) is 13.5 Å². The molecule has 78 valence electrons. The summed E-state index contributed by atoms with van der Waals surface area (Å²) in [4.78, 5) is 0. The third-order valence-electron chi connectivity index (χ3n) is 2.31. The zero-order chi connectivity index (χ0) is 10.8. The van der Waals surface area contributed by atoms with Gasteiger partial charge in [0.15, 0.2) is 0 Å². The molecule has 0 aliphatic heterocycles. The van der Waals surface area contributed by atoms with Gasteiger partial charge in [-0.3, -0.25) is 0 Å². The summed E-state index contributed by atoms with van der Waals surface area (Å²) in [7, 11) is 0. The lowest BCUT2D eigenvalue weighted by Crippen LogP contribution is -1.96. The molecule has 0 aliphatic carbocycles. The number of rotatable bonds is 2. The first-order chi connectivity index (χ1) is 7.20. The van der Waals surface area contributed by atoms with Gasteiger partial charge >= 0.3 is 0 Å². The van der Waals surface area contributed by atoms with E-state index in [4.69, 9.17) is 5.11 Å². The average Bonchev–Trinajstić information content (AvgIpc) is 2.65. The van der Waals surface area contributed by atoms with Crippen molar-refractivity contribution in [3.63, 3.8) is 0 Å². The van der Waals surface area contributed by atoms with Crippen molar-refractivity contribution in [1.29, 1.82) is 0 Å². The summed E-state index contributed by atoms with van der Waals surface area (Å²) in [6.07, 6.45) is 3.64. The van der Waals surface area contributed by atoms with Crippen molar-refractivity contribution in [3.8, 4) is 5.69 Å². The van der Waals surface area contributed by atoms with E-state index in [0.717, 1.165) is 21.3 Å². The lowest BCUT2D eigenvalue weighted by Gasteiger charge is -2.06. The Balaban J connectivity index is 2.42. The van der Waals surface area contributed by atoms with E-state index in [1.165, 1.54) is 0 Å². The monoisotopic (exact) mass is 266 g/mol. The highest BCUT2D eigenvalue weighted by molar-refractivity contribution is 9.10. The number of aliphatic hydroxyl groups excluding tert-OH is 1. The zero-order valence-corrected chi connectivity index (χ0v) is 9.90. The summed E-state index contributed by atoms with van der Waals surface area (Å²) in [5.41, 5.74) is 3.02. The molecule has 0 aliphatic rings. The molecule has 1 heterocycles. The van der Waals surface area contributed by atoms with Gasteiger partial charge in [0.1, 0.15) is 0 Å². The zero-order valence-electron chi connectivity index (χ0n) is 8.31. The Bertz CT molecular complexity index is 479. The van der Waals surface area contributed by atoms with Crippen LogP contribution in [0.5, 0.6) is 0 Å². The van der Waals surface area contributed by atoms with E-state index in [0.29, 0.717) is 0 Å². The molecule has 15 heavy (non-hydrogen) atoms. The first-order valence-corrected chi connectivity index (χ1v) is 5.41. The topological polar surface area (TPSA) is 38.0 Å². The number of hydrogen-bond acceptors (Lipinski definition) is 2. The fraction of sp³-hybridized carbons (Fsp3) is 0.182. The smallest absolute Gasteiger partial charge is 0.0684 e. The second kappa shape index (κ2) is 4.16. The summed E-state index contributed by atoms with van der Waals surface area (Å²) in [6, 6.07) is 5.86. The highest BCUT2D eigenvalue weighted by Gasteiger charge is 2.02. The first kappa shape index (κ1) is 10.4. The van der Waals surface area contributed by atoms with Gasteiger partial charge in [-0.25, -0.2) is 4.68 Å². The quantitative estimate of drug-likeness (QED) is 0.907. The van der Waals surface area contributed by atoms with Gasteiger partial charge in [-0.2, -0.15) is 5.10 Å². The lowest BCUT2D eigenvalue weighted by atomic mass is 10.1. The summed E-state index contributed by atoms with van der Waals surface area (Å²) >= 11 is 3.35. The third-order valence-corrected chi connectivity index (χ3v) is 2.72. The maximum atomic E-state index is 9.05. The molecule has 2 rings (SSSR count). The Labute approximate surface area is 96.5 Å². The second-order valence-corrected chi connectivity index (χ2v) is 4.29. The average molecular weight is 267 g/mol. The molecule has 4 heteroatoms. The third kappa shape index (κ3) is 2.11. The molecule has 0 spiro atoms. The second-order valence-electron chi connectivity index (χ2n) is 3.37. The van der Waals surface area contributed by atoms with Crippen LogP contribution in [0.15, 0.2) is 35.1 Å². The lowest BCUT2D eigenvalue weighted by molar-refractivity contribution is 0.281. The maximum absolute atomic E-state index is 9.05. The van der Waals surface area contributed by atoms with Crippen molar-refractivity contribution in [2.75, 3.05) is 0 Å². The minimum Gasteiger partial charge on any atom is -0.392 e. The van der Waals surface area contributed by atoms with Gasteiger partial charge in [0.05, 0.1) is 23.0 Å². The Morgan fingerprint density at radius 2 is 2.27 bits per heavy atom. The van der Waals surface area contributed by atoms with Gasteiger partial charge in [-0.05, 0) is 46.1 Å². The highest BCUT2D eigenvalue weighted by atomic mass is 79.9. The van der Waals surface area contributed by atoms with Crippen LogP contribution in [0.4, 0.5) is 0 Å². The number of aryl methyl sites for hydroxylation is 1. The van der Waals surface area contributed by atoms with E-state index in [1.807, 2.05) is 31.3 Å². The number of benzene rings is 1. The number of aliphatic hydroxyl groups is 1. The molecule has 0 atom stereocenters. The van der Waals surface area contributed by atoms with Crippen LogP contribution in [0.3, 0.4) is 0 Å². The normalized spacial score (nSPS) is 10.6. The van der Waals surface area contributed by atoms with Crippen LogP contribution < -0.4 is 0 Å². The fourth-order valence-electron chi connectivity index (χ4n) is 1.44. The van der Waals surface area contributed by atoms with Crippen LogP contribution in [0, 0.1) is 6.92 Å². The van der Waals surface area contributed by atoms with Gasteiger partial charge < -0.3 is 5.11 Å². The molecule has 1 aromatic carbocycles. The van der Waals surface area contributed by atoms with E-state index >= 15 is 0 Å². The van der Waals surface area contributed by atoms with E-state index in [-0.39, 0.29) is 6.61 Å². The SMILES string of the molecule is Cc1cc(-n2cc(Br)cn2)ccc1CO. The van der Waals surface area contributed by atoms with Crippen LogP contribution in [0.2, 0.25) is 0 Å². The molecule has 0 amide bonds. The van der Waals surface area contributed by atoms with Gasteiger partial charge in [0.2, 0.25) is 0 Å². The van der Waals surface area contributed by atoms with Crippen molar-refractivity contribution in [2.24, 2.45) is 0 Å². The Hall–Kier alpha value is -1.13. The van der Waals surface area contributed by atoms with E-state index in [2.05, 4.69) is 21.0 Å². The minimum absolute atomic E-state index is 0.0783. The summed E-state index contributed by atoms with van der Waals surface area (Å²) in [6.45, 7) is 2.06. The van der Waals surface area contributed by atoms with Gasteiger partial charge in [-0.15, -0.1) is 0 Å². The van der Waals surface area contributed by atoms with E-state index in [1.54, 1.807) is 10.9 Å². The van der Waals surface area contributed by atoms with Crippen LogP contribution in [-0.4, -0.2) is 14.9 Å². The number of halogens is 1. The fourth-order valence-corrected chi connectivity index (χ4v) is 1.73. The molecule has 1 N–H and O–H groups in total. The van der Waals surface area contributed by atoms with E-state index in [9.17, 15) is 0 Å². The maximum Gasteiger partial charge on any atom is 0.0684 e. The summed E-state index contributed by atoms with van der Waals surface area (Å²) in [5, 5.41) is 13.2. The van der Waals surface area contributed by atoms with E-state index < -0.39 is 0 Å². The Kier molecular flexibility index (Phi) is 2.88. The van der Waals surface area contributed by atoms with Gasteiger partial charge in [-0.1, -0.05) is 6.07 Å². The first-order valence-electron chi connectivity index (χ1n) is 4.61. The number of nitrogens with zero attached hydrogens (tertiary/aromatic N) is 2. The van der Waals surface area contributed by atoms with Gasteiger partial charge in [0, 0.05) is 6.20 Å². The molecule has 0 radical (unpaired) electrons. The molecule has 2 aromatic rings. The number of aromatic nitrogens is 2. The predicted molar refractivity (Wildman–Crippen MR) is 61.9 cm³/mol. The molecule has 0 bridgehead atoms. The molecule has 3 nitrogen and oxygen atoms in total. The van der Waals surface area contributed by atoms with Crippen LogP contribution in [-0.2, 0) is 6.61 Å². The van der Waals surface area contributed by atoms with Crippen LogP contribution in [0.1, 0.15) is 11.1 Å². The summed E-state index contributed by atoms with van der Waals surface area (Å²) < 4.78 is 2.74. The van der Waals surface area contributed by atoms with Crippen LogP contribution in [0.25, 0.3) is 5.69 Å². The summed E-state index contributed by atoms with van der Waals surface area (Å²) in [5.74, 6) is 0. The molecule has 0 unspecified atom stereocenters. The minimum atomic E-state index is 0.0783. The van der Waals surface area contributed by atoms with Crippen molar-refractivity contribution in [1.82, 2.24) is 9.78 Å². The Morgan fingerprint density at radius 1 is 1.47 bits per heavy atom. The molecular weight excluding hydrogens is 256 g/mol. The number of hydrogen-bond donors (Lipinski definition) is 1.